The molecule has 5 heteroatoms. The first-order valence-corrected chi connectivity index (χ1v) is 7.09. The summed E-state index contributed by atoms with van der Waals surface area (Å²) in [6.07, 6.45) is 3.26. The molecule has 2 heterocycles. The average molecular weight is 333 g/mol. The van der Waals surface area contributed by atoms with Gasteiger partial charge in [0.15, 0.2) is 0 Å². The highest BCUT2D eigenvalue weighted by molar-refractivity contribution is 9.11. The highest BCUT2D eigenvalue weighted by Gasteiger charge is 2.14. The maximum atomic E-state index is 10.1. The van der Waals surface area contributed by atoms with Crippen LogP contribution in [0.2, 0.25) is 5.02 Å². The Labute approximate surface area is 117 Å². The zero-order valence-electron chi connectivity index (χ0n) is 9.15. The van der Waals surface area contributed by atoms with E-state index in [4.69, 9.17) is 11.6 Å². The standard InChI is InChI=1S/C12H11BrClNOS/c1-7-4-11(17-12(7)13)10(16)5-8-2-3-15-6-9(8)14/h2-4,6,10,16H,5H2,1H3. The molecule has 0 saturated carbocycles. The fourth-order valence-corrected chi connectivity index (χ4v) is 3.28. The third kappa shape index (κ3) is 3.07. The lowest BCUT2D eigenvalue weighted by atomic mass is 10.1. The van der Waals surface area contributed by atoms with Crippen molar-refractivity contribution in [1.29, 1.82) is 0 Å². The second-order valence-corrected chi connectivity index (χ2v) is 6.60. The number of aryl methyl sites for hydroxylation is 1. The van der Waals surface area contributed by atoms with Crippen molar-refractivity contribution in [2.24, 2.45) is 0 Å². The number of aliphatic hydroxyl groups excluding tert-OH is 1. The SMILES string of the molecule is Cc1cc(C(O)Cc2ccncc2Cl)sc1Br. The van der Waals surface area contributed by atoms with Gasteiger partial charge in [-0.25, -0.2) is 0 Å². The van der Waals surface area contributed by atoms with Crippen LogP contribution in [0, 0.1) is 6.92 Å². The Kier molecular flexibility index (Phi) is 4.20. The van der Waals surface area contributed by atoms with Gasteiger partial charge >= 0.3 is 0 Å². The molecular formula is C12H11BrClNOS. The van der Waals surface area contributed by atoms with Crippen LogP contribution in [0.25, 0.3) is 0 Å². The van der Waals surface area contributed by atoms with E-state index in [-0.39, 0.29) is 0 Å². The molecule has 0 saturated heterocycles. The number of halogens is 2. The summed E-state index contributed by atoms with van der Waals surface area (Å²) in [5.74, 6) is 0. The van der Waals surface area contributed by atoms with E-state index in [2.05, 4.69) is 20.9 Å². The van der Waals surface area contributed by atoms with Gasteiger partial charge in [0.05, 0.1) is 14.9 Å². The van der Waals surface area contributed by atoms with Crippen LogP contribution in [0.1, 0.15) is 22.1 Å². The van der Waals surface area contributed by atoms with Crippen LogP contribution in [0.5, 0.6) is 0 Å². The number of nitrogens with zero attached hydrogens (tertiary/aromatic N) is 1. The minimum atomic E-state index is -0.523. The van der Waals surface area contributed by atoms with E-state index in [0.717, 1.165) is 19.8 Å². The Hall–Kier alpha value is -0.420. The third-order valence-electron chi connectivity index (χ3n) is 2.47. The largest absolute Gasteiger partial charge is 0.387 e. The van der Waals surface area contributed by atoms with Crippen LogP contribution >= 0.6 is 38.9 Å². The van der Waals surface area contributed by atoms with Crippen LogP contribution < -0.4 is 0 Å². The van der Waals surface area contributed by atoms with E-state index in [1.807, 2.05) is 19.1 Å². The molecular weight excluding hydrogens is 322 g/mol. The van der Waals surface area contributed by atoms with Gasteiger partial charge in [0.25, 0.3) is 0 Å². The van der Waals surface area contributed by atoms with E-state index >= 15 is 0 Å². The van der Waals surface area contributed by atoms with E-state index in [0.29, 0.717) is 11.4 Å². The maximum absolute atomic E-state index is 10.1. The number of hydrogen-bond acceptors (Lipinski definition) is 3. The van der Waals surface area contributed by atoms with Crippen LogP contribution in [0.4, 0.5) is 0 Å². The molecule has 0 spiro atoms. The molecule has 0 aromatic carbocycles. The monoisotopic (exact) mass is 331 g/mol. The molecule has 2 aromatic heterocycles. The summed E-state index contributed by atoms with van der Waals surface area (Å²) in [6, 6.07) is 3.83. The van der Waals surface area contributed by atoms with Crippen molar-refractivity contribution < 1.29 is 5.11 Å². The molecule has 0 amide bonds. The van der Waals surface area contributed by atoms with Crippen LogP contribution in [-0.2, 0) is 6.42 Å². The molecule has 90 valence electrons. The first-order valence-electron chi connectivity index (χ1n) is 5.10. The maximum Gasteiger partial charge on any atom is 0.0923 e. The quantitative estimate of drug-likeness (QED) is 0.916. The van der Waals surface area contributed by atoms with E-state index < -0.39 is 6.10 Å². The van der Waals surface area contributed by atoms with Crippen LogP contribution in [0.3, 0.4) is 0 Å². The molecule has 0 fully saturated rings. The minimum absolute atomic E-state index is 0.508. The predicted molar refractivity (Wildman–Crippen MR) is 74.7 cm³/mol. The molecule has 0 aliphatic heterocycles. The number of rotatable bonds is 3. The van der Waals surface area contributed by atoms with Gasteiger partial charge in [-0.15, -0.1) is 11.3 Å². The van der Waals surface area contributed by atoms with Crippen molar-refractivity contribution >= 4 is 38.9 Å². The number of pyridine rings is 1. The summed E-state index contributed by atoms with van der Waals surface area (Å²) in [4.78, 5) is 4.87. The summed E-state index contributed by atoms with van der Waals surface area (Å²) in [6.45, 7) is 2.01. The highest BCUT2D eigenvalue weighted by atomic mass is 79.9. The van der Waals surface area contributed by atoms with Gasteiger partial charge in [0.1, 0.15) is 0 Å². The molecule has 0 bridgehead atoms. The number of aliphatic hydroxyl groups is 1. The highest BCUT2D eigenvalue weighted by Crippen LogP contribution is 2.33. The number of aromatic nitrogens is 1. The van der Waals surface area contributed by atoms with Gasteiger partial charge in [0.2, 0.25) is 0 Å². The zero-order chi connectivity index (χ0) is 12.4. The van der Waals surface area contributed by atoms with Gasteiger partial charge in [0, 0.05) is 23.7 Å². The van der Waals surface area contributed by atoms with Crippen molar-refractivity contribution in [1.82, 2.24) is 4.98 Å². The Morgan fingerprint density at radius 1 is 1.59 bits per heavy atom. The molecule has 0 aliphatic carbocycles. The molecule has 1 atom stereocenters. The Bertz CT molecular complexity index is 509. The summed E-state index contributed by atoms with van der Waals surface area (Å²) >= 11 is 11.0. The Balaban J connectivity index is 2.17. The Morgan fingerprint density at radius 3 is 2.94 bits per heavy atom. The summed E-state index contributed by atoms with van der Waals surface area (Å²) in [5.41, 5.74) is 2.06. The number of hydrogen-bond donors (Lipinski definition) is 1. The molecule has 2 aromatic rings. The van der Waals surface area contributed by atoms with Crippen molar-refractivity contribution in [2.45, 2.75) is 19.4 Å². The van der Waals surface area contributed by atoms with Gasteiger partial charge in [-0.05, 0) is 46.1 Å². The zero-order valence-corrected chi connectivity index (χ0v) is 12.3. The van der Waals surface area contributed by atoms with Crippen molar-refractivity contribution in [3.63, 3.8) is 0 Å². The fourth-order valence-electron chi connectivity index (χ4n) is 1.53. The molecule has 1 unspecified atom stereocenters. The van der Waals surface area contributed by atoms with E-state index in [1.165, 1.54) is 0 Å². The smallest absolute Gasteiger partial charge is 0.0923 e. The summed E-state index contributed by atoms with van der Waals surface area (Å²) in [7, 11) is 0. The summed E-state index contributed by atoms with van der Waals surface area (Å²) in [5, 5.41) is 10.7. The van der Waals surface area contributed by atoms with Gasteiger partial charge in [-0.1, -0.05) is 11.6 Å². The first-order chi connectivity index (χ1) is 8.08. The molecule has 0 radical (unpaired) electrons. The average Bonchev–Trinajstić information content (AvgIpc) is 2.63. The second kappa shape index (κ2) is 5.48. The normalized spacial score (nSPS) is 12.7. The van der Waals surface area contributed by atoms with Crippen molar-refractivity contribution in [3.05, 3.63) is 49.3 Å². The topological polar surface area (TPSA) is 33.1 Å². The lowest BCUT2D eigenvalue weighted by molar-refractivity contribution is 0.182. The van der Waals surface area contributed by atoms with Gasteiger partial charge < -0.3 is 5.11 Å². The van der Waals surface area contributed by atoms with Gasteiger partial charge in [-0.2, -0.15) is 0 Å². The first kappa shape index (κ1) is 13.0. The molecule has 2 rings (SSSR count). The van der Waals surface area contributed by atoms with Gasteiger partial charge in [-0.3, -0.25) is 4.98 Å². The molecule has 17 heavy (non-hydrogen) atoms. The predicted octanol–water partition coefficient (Wildman–Crippen LogP) is 4.14. The third-order valence-corrected chi connectivity index (χ3v) is 5.05. The van der Waals surface area contributed by atoms with E-state index in [1.54, 1.807) is 23.7 Å². The fraction of sp³-hybridized carbons (Fsp3) is 0.250. The lowest BCUT2D eigenvalue weighted by Crippen LogP contribution is -2.00. The van der Waals surface area contributed by atoms with E-state index in [9.17, 15) is 5.11 Å². The number of thiophene rings is 1. The van der Waals surface area contributed by atoms with Crippen LogP contribution in [-0.4, -0.2) is 10.1 Å². The summed E-state index contributed by atoms with van der Waals surface area (Å²) < 4.78 is 1.06. The van der Waals surface area contributed by atoms with Crippen molar-refractivity contribution in [3.8, 4) is 0 Å². The van der Waals surface area contributed by atoms with Crippen LogP contribution in [0.15, 0.2) is 28.3 Å². The second-order valence-electron chi connectivity index (χ2n) is 3.79. The molecule has 2 nitrogen and oxygen atoms in total. The minimum Gasteiger partial charge on any atom is -0.387 e. The van der Waals surface area contributed by atoms with Crippen molar-refractivity contribution in [2.75, 3.05) is 0 Å². The molecule has 0 aliphatic rings. The lowest BCUT2D eigenvalue weighted by Gasteiger charge is -2.09. The molecule has 1 N–H and O–H groups in total. The Morgan fingerprint density at radius 2 is 2.35 bits per heavy atom.